The Hall–Kier alpha value is -5.86. The highest BCUT2D eigenvalue weighted by atomic mass is 16.6. The van der Waals surface area contributed by atoms with Crippen LogP contribution in [0.4, 0.5) is 4.79 Å². The maximum absolute atomic E-state index is 14.2. The summed E-state index contributed by atoms with van der Waals surface area (Å²) in [6, 6.07) is 13.7. The van der Waals surface area contributed by atoms with Crippen molar-refractivity contribution >= 4 is 47.3 Å². The molecule has 15 nitrogen and oxygen atoms in total. The van der Waals surface area contributed by atoms with Gasteiger partial charge < -0.3 is 35.6 Å². The number of nitrogens with one attached hydrogen (secondary N) is 3. The molecular weight excluding hydrogens is 674 g/mol. The van der Waals surface area contributed by atoms with Crippen LogP contribution in [0.25, 0.3) is 0 Å². The summed E-state index contributed by atoms with van der Waals surface area (Å²) in [6.45, 7) is 4.58. The monoisotopic (exact) mass is 717 g/mol. The third kappa shape index (κ3) is 10.1. The molecule has 0 aromatic heterocycles. The number of hydrogen-bond donors (Lipinski definition) is 4. The molecule has 15 heteroatoms. The van der Waals surface area contributed by atoms with Gasteiger partial charge >= 0.3 is 12.1 Å². The molecule has 1 fully saturated rings. The Kier molecular flexibility index (Phi) is 13.4. The maximum Gasteiger partial charge on any atom is 0.410 e. The standard InChI is InChI=1S/C37H43N5O10/c1-4-10-27(32(46)35(49)38-19-30(44)45)39-33(47)28-18-26(52-37(51)41-16-15-24-13-8-9-14-25(24)20-41)21-42(28)36(50)31(22(2)3)40-34(48)29(43)17-23-11-6-5-7-12-23/h5-14,22,26,28,31H,4,15-21H2,1-3H3,(H,38,49)(H,39,47)(H,40,48)(H,44,45)/b27-10+/t26-,28+,31+/m1/s1. The lowest BCUT2D eigenvalue weighted by Crippen LogP contribution is -2.56. The number of amides is 5. The van der Waals surface area contributed by atoms with Crippen LogP contribution < -0.4 is 16.0 Å². The SMILES string of the molecule is CC/C=C(/NC(=O)[C@@H]1C[C@@H](OC(=O)N2CCc3ccccc3C2)CN1C(=O)[C@@H](NC(=O)C(=O)Cc1ccccc1)C(C)C)C(=O)C(=O)NCC(=O)O. The van der Waals surface area contributed by atoms with Gasteiger partial charge in [0.2, 0.25) is 17.6 Å². The number of benzene rings is 2. The zero-order chi connectivity index (χ0) is 37.9. The summed E-state index contributed by atoms with van der Waals surface area (Å²) in [7, 11) is 0. The van der Waals surface area contributed by atoms with E-state index in [4.69, 9.17) is 9.84 Å². The minimum Gasteiger partial charge on any atom is -0.480 e. The van der Waals surface area contributed by atoms with Crippen LogP contribution in [0, 0.1) is 5.92 Å². The first-order valence-corrected chi connectivity index (χ1v) is 17.0. The number of ketones is 2. The Balaban J connectivity index is 1.54. The van der Waals surface area contributed by atoms with Gasteiger partial charge in [0.1, 0.15) is 24.7 Å². The van der Waals surface area contributed by atoms with Gasteiger partial charge in [-0.3, -0.25) is 33.6 Å². The number of hydrogen-bond acceptors (Lipinski definition) is 9. The highest BCUT2D eigenvalue weighted by Crippen LogP contribution is 2.26. The van der Waals surface area contributed by atoms with Crippen molar-refractivity contribution in [3.63, 3.8) is 0 Å². The van der Waals surface area contributed by atoms with Crippen molar-refractivity contribution in [3.05, 3.63) is 83.1 Å². The fraction of sp³-hybridized carbons (Fsp3) is 0.405. The molecule has 2 aromatic carbocycles. The third-order valence-electron chi connectivity index (χ3n) is 8.70. The van der Waals surface area contributed by atoms with Gasteiger partial charge in [-0.1, -0.05) is 81.4 Å². The molecule has 52 heavy (non-hydrogen) atoms. The molecule has 1 saturated heterocycles. The predicted octanol–water partition coefficient (Wildman–Crippen LogP) is 1.28. The second kappa shape index (κ2) is 17.9. The minimum absolute atomic E-state index is 0.182. The number of carbonyl (C=O) groups excluding carboxylic acids is 7. The summed E-state index contributed by atoms with van der Waals surface area (Å²) in [4.78, 5) is 106. The van der Waals surface area contributed by atoms with E-state index in [1.807, 2.05) is 29.6 Å². The normalized spacial score (nSPS) is 17.4. The Bertz CT molecular complexity index is 1740. The summed E-state index contributed by atoms with van der Waals surface area (Å²) in [6.07, 6.45) is 0.0933. The lowest BCUT2D eigenvalue weighted by molar-refractivity contribution is -0.144. The molecule has 2 aromatic rings. The molecule has 0 spiro atoms. The zero-order valence-corrected chi connectivity index (χ0v) is 29.3. The third-order valence-corrected chi connectivity index (χ3v) is 8.70. The second-order valence-corrected chi connectivity index (χ2v) is 12.9. The van der Waals surface area contributed by atoms with Crippen LogP contribution in [-0.2, 0) is 57.7 Å². The number of likely N-dealkylation sites (tertiary alicyclic amines) is 1. The largest absolute Gasteiger partial charge is 0.480 e. The van der Waals surface area contributed by atoms with Gasteiger partial charge in [0.25, 0.3) is 17.6 Å². The number of carboxylic acids is 1. The fourth-order valence-electron chi connectivity index (χ4n) is 6.00. The van der Waals surface area contributed by atoms with Crippen molar-refractivity contribution in [1.82, 2.24) is 25.8 Å². The van der Waals surface area contributed by atoms with E-state index >= 15 is 0 Å². The van der Waals surface area contributed by atoms with Crippen LogP contribution in [0.5, 0.6) is 0 Å². The maximum atomic E-state index is 14.2. The average molecular weight is 718 g/mol. The van der Waals surface area contributed by atoms with Crippen LogP contribution >= 0.6 is 0 Å². The molecule has 2 aliphatic rings. The highest BCUT2D eigenvalue weighted by molar-refractivity contribution is 6.43. The molecule has 0 aliphatic carbocycles. The number of carboxylic acid groups (broad SMARTS) is 1. The molecule has 4 N–H and O–H groups in total. The molecule has 0 radical (unpaired) electrons. The number of allylic oxidation sites excluding steroid dienone is 1. The number of fused-ring (bicyclic) bond motifs is 1. The zero-order valence-electron chi connectivity index (χ0n) is 29.3. The molecule has 0 bridgehead atoms. The van der Waals surface area contributed by atoms with Crippen LogP contribution in [0.1, 0.15) is 50.3 Å². The molecule has 5 amide bonds. The summed E-state index contributed by atoms with van der Waals surface area (Å²) in [5, 5.41) is 15.7. The molecule has 3 atom stereocenters. The van der Waals surface area contributed by atoms with Gasteiger partial charge in [0.05, 0.1) is 12.2 Å². The van der Waals surface area contributed by atoms with E-state index in [2.05, 4.69) is 10.6 Å². The Morgan fingerprint density at radius 3 is 2.27 bits per heavy atom. The van der Waals surface area contributed by atoms with Gasteiger partial charge in [-0.05, 0) is 35.4 Å². The Labute approximate surface area is 300 Å². The first-order chi connectivity index (χ1) is 24.8. The highest BCUT2D eigenvalue weighted by Gasteiger charge is 2.45. The van der Waals surface area contributed by atoms with Gasteiger partial charge in [0, 0.05) is 25.9 Å². The summed E-state index contributed by atoms with van der Waals surface area (Å²) >= 11 is 0. The molecule has 0 unspecified atom stereocenters. The molecule has 4 rings (SSSR count). The smallest absolute Gasteiger partial charge is 0.410 e. The van der Waals surface area contributed by atoms with Gasteiger partial charge in [0.15, 0.2) is 0 Å². The van der Waals surface area contributed by atoms with Gasteiger partial charge in [-0.2, -0.15) is 0 Å². The van der Waals surface area contributed by atoms with Crippen molar-refractivity contribution in [2.75, 3.05) is 19.6 Å². The summed E-state index contributed by atoms with van der Waals surface area (Å²) < 4.78 is 5.82. The van der Waals surface area contributed by atoms with Crippen LogP contribution in [0.2, 0.25) is 0 Å². The first-order valence-electron chi connectivity index (χ1n) is 17.0. The van der Waals surface area contributed by atoms with Crippen molar-refractivity contribution in [2.24, 2.45) is 5.92 Å². The molecule has 2 aliphatic heterocycles. The Morgan fingerprint density at radius 2 is 1.62 bits per heavy atom. The summed E-state index contributed by atoms with van der Waals surface area (Å²) in [5.74, 6) is -7.77. The Morgan fingerprint density at radius 1 is 0.942 bits per heavy atom. The number of ether oxygens (including phenoxy) is 1. The number of carbonyl (C=O) groups is 8. The molecular formula is C37H43N5O10. The molecule has 0 saturated carbocycles. The fourth-order valence-corrected chi connectivity index (χ4v) is 6.00. The van der Waals surface area contributed by atoms with E-state index in [-0.39, 0.29) is 25.8 Å². The molecule has 276 valence electrons. The number of rotatable bonds is 14. The van der Waals surface area contributed by atoms with Crippen LogP contribution in [0.3, 0.4) is 0 Å². The quantitative estimate of drug-likeness (QED) is 0.163. The van der Waals surface area contributed by atoms with E-state index in [0.717, 1.165) is 16.0 Å². The average Bonchev–Trinajstić information content (AvgIpc) is 3.55. The number of Topliss-reactive ketones (excluding diaryl/α,β-unsaturated/α-hetero) is 2. The van der Waals surface area contributed by atoms with Crippen molar-refractivity contribution in [1.29, 1.82) is 0 Å². The topological polar surface area (TPSA) is 209 Å². The van der Waals surface area contributed by atoms with Gasteiger partial charge in [-0.25, -0.2) is 4.79 Å². The number of aliphatic carboxylic acids is 1. The predicted molar refractivity (Wildman–Crippen MR) is 185 cm³/mol. The van der Waals surface area contributed by atoms with Crippen molar-refractivity contribution < 1.29 is 48.2 Å². The number of nitrogens with zero attached hydrogens (tertiary/aromatic N) is 2. The van der Waals surface area contributed by atoms with Crippen LogP contribution in [-0.4, -0.2) is 100.0 Å². The lowest BCUT2D eigenvalue weighted by Gasteiger charge is -2.30. The van der Waals surface area contributed by atoms with E-state index in [1.54, 1.807) is 51.1 Å². The van der Waals surface area contributed by atoms with E-state index in [1.165, 1.54) is 11.0 Å². The first kappa shape index (κ1) is 38.9. The van der Waals surface area contributed by atoms with E-state index in [0.29, 0.717) is 25.1 Å². The summed E-state index contributed by atoms with van der Waals surface area (Å²) in [5.41, 5.74) is 2.26. The van der Waals surface area contributed by atoms with E-state index < -0.39 is 83.6 Å². The molecule has 2 heterocycles. The van der Waals surface area contributed by atoms with Crippen molar-refractivity contribution in [3.8, 4) is 0 Å². The lowest BCUT2D eigenvalue weighted by atomic mass is 10.0. The van der Waals surface area contributed by atoms with E-state index in [9.17, 15) is 38.4 Å². The minimum atomic E-state index is -1.38. The second-order valence-electron chi connectivity index (χ2n) is 12.9. The van der Waals surface area contributed by atoms with Crippen LogP contribution in [0.15, 0.2) is 66.4 Å². The van der Waals surface area contributed by atoms with Gasteiger partial charge in [-0.15, -0.1) is 0 Å². The van der Waals surface area contributed by atoms with Crippen molar-refractivity contribution in [2.45, 2.75) is 71.2 Å².